The fraction of sp³-hybridized carbons (Fsp3) is 0.600. The van der Waals surface area contributed by atoms with E-state index in [1.807, 2.05) is 0 Å². The van der Waals surface area contributed by atoms with Crippen molar-refractivity contribution in [1.29, 1.82) is 0 Å². The highest BCUT2D eigenvalue weighted by atomic mass is 32.1. The summed E-state index contributed by atoms with van der Waals surface area (Å²) in [4.78, 5) is 14.2. The standard InChI is InChI=1S/C10H14N2O5S/c1-16-6-3-12(10(15)11-9(6)18)8-2-5(14)7(4-13)17-8/h3,5,7-8,13-14H,2,4H2,1H3,(H,11,15,18)/t5-,7+,8+/m1/s1. The molecule has 0 unspecified atom stereocenters. The van der Waals surface area contributed by atoms with Crippen molar-refractivity contribution in [2.45, 2.75) is 24.9 Å². The minimum absolute atomic E-state index is 0.205. The largest absolute Gasteiger partial charge is 0.492 e. The highest BCUT2D eigenvalue weighted by molar-refractivity contribution is 7.71. The Bertz CT molecular complexity index is 540. The monoisotopic (exact) mass is 274 g/mol. The Kier molecular flexibility index (Phi) is 3.81. The molecule has 3 N–H and O–H groups in total. The minimum Gasteiger partial charge on any atom is -0.492 e. The van der Waals surface area contributed by atoms with Gasteiger partial charge in [-0.05, 0) is 0 Å². The van der Waals surface area contributed by atoms with Gasteiger partial charge in [-0.15, -0.1) is 0 Å². The maximum absolute atomic E-state index is 11.8. The van der Waals surface area contributed by atoms with E-state index < -0.39 is 24.1 Å². The zero-order valence-electron chi connectivity index (χ0n) is 9.70. The minimum atomic E-state index is -0.805. The number of aromatic amines is 1. The van der Waals surface area contributed by atoms with E-state index in [0.717, 1.165) is 0 Å². The van der Waals surface area contributed by atoms with Gasteiger partial charge in [0.15, 0.2) is 10.4 Å². The van der Waals surface area contributed by atoms with E-state index in [0.29, 0.717) is 5.75 Å². The molecule has 0 amide bonds. The number of ether oxygens (including phenoxy) is 2. The molecule has 2 heterocycles. The number of rotatable bonds is 3. The van der Waals surface area contributed by atoms with Crippen LogP contribution in [0.25, 0.3) is 0 Å². The van der Waals surface area contributed by atoms with Crippen LogP contribution in [0, 0.1) is 4.64 Å². The van der Waals surface area contributed by atoms with Crippen molar-refractivity contribution in [1.82, 2.24) is 9.55 Å². The molecule has 1 aromatic rings. The van der Waals surface area contributed by atoms with E-state index in [-0.39, 0.29) is 17.7 Å². The first kappa shape index (κ1) is 13.2. The molecule has 0 radical (unpaired) electrons. The van der Waals surface area contributed by atoms with Crippen LogP contribution in [-0.4, -0.2) is 45.7 Å². The van der Waals surface area contributed by atoms with Crippen molar-refractivity contribution >= 4 is 12.2 Å². The third-order valence-corrected chi connectivity index (χ3v) is 3.15. The normalized spacial score (nSPS) is 27.4. The van der Waals surface area contributed by atoms with Crippen molar-refractivity contribution in [3.05, 3.63) is 21.3 Å². The molecule has 0 aromatic carbocycles. The van der Waals surface area contributed by atoms with E-state index >= 15 is 0 Å². The predicted octanol–water partition coefficient (Wildman–Crippen LogP) is -0.445. The van der Waals surface area contributed by atoms with Gasteiger partial charge in [-0.3, -0.25) is 9.55 Å². The lowest BCUT2D eigenvalue weighted by molar-refractivity contribution is -0.0460. The van der Waals surface area contributed by atoms with Crippen LogP contribution in [0.2, 0.25) is 0 Å². The van der Waals surface area contributed by atoms with Crippen LogP contribution in [0.5, 0.6) is 5.75 Å². The van der Waals surface area contributed by atoms with Gasteiger partial charge in [0.05, 0.1) is 26.0 Å². The maximum Gasteiger partial charge on any atom is 0.328 e. The van der Waals surface area contributed by atoms with E-state index in [4.69, 9.17) is 26.8 Å². The van der Waals surface area contributed by atoms with Crippen LogP contribution in [0.15, 0.2) is 11.0 Å². The Morgan fingerprint density at radius 1 is 1.72 bits per heavy atom. The second kappa shape index (κ2) is 5.19. The van der Waals surface area contributed by atoms with Gasteiger partial charge >= 0.3 is 5.69 Å². The SMILES string of the molecule is COc1cn([C@@H]2C[C@@H](O)[C@H](CO)O2)c(=O)[nH]c1=S. The van der Waals surface area contributed by atoms with E-state index in [2.05, 4.69) is 4.98 Å². The Morgan fingerprint density at radius 3 is 3.00 bits per heavy atom. The number of hydrogen-bond acceptors (Lipinski definition) is 6. The van der Waals surface area contributed by atoms with Gasteiger partial charge in [-0.1, -0.05) is 12.2 Å². The van der Waals surface area contributed by atoms with Crippen LogP contribution in [0.4, 0.5) is 0 Å². The Labute approximate surface area is 108 Å². The van der Waals surface area contributed by atoms with Gasteiger partial charge in [0.25, 0.3) is 0 Å². The maximum atomic E-state index is 11.8. The lowest BCUT2D eigenvalue weighted by Crippen LogP contribution is -2.27. The molecule has 18 heavy (non-hydrogen) atoms. The summed E-state index contributed by atoms with van der Waals surface area (Å²) in [6.45, 7) is -0.299. The molecule has 1 saturated heterocycles. The number of methoxy groups -OCH3 is 1. The molecule has 2 rings (SSSR count). The molecule has 0 saturated carbocycles. The zero-order chi connectivity index (χ0) is 13.3. The first-order chi connectivity index (χ1) is 8.56. The highest BCUT2D eigenvalue weighted by Gasteiger charge is 2.35. The molecule has 0 bridgehead atoms. The molecular formula is C10H14N2O5S. The zero-order valence-corrected chi connectivity index (χ0v) is 10.5. The number of nitrogens with one attached hydrogen (secondary N) is 1. The van der Waals surface area contributed by atoms with Crippen molar-refractivity contribution in [3.8, 4) is 5.75 Å². The van der Waals surface area contributed by atoms with E-state index in [1.54, 1.807) is 0 Å². The number of hydrogen-bond donors (Lipinski definition) is 3. The van der Waals surface area contributed by atoms with E-state index in [9.17, 15) is 9.90 Å². The van der Waals surface area contributed by atoms with Crippen molar-refractivity contribution in [2.75, 3.05) is 13.7 Å². The van der Waals surface area contributed by atoms with Crippen molar-refractivity contribution in [2.24, 2.45) is 0 Å². The molecule has 1 aliphatic heterocycles. The Morgan fingerprint density at radius 2 is 2.44 bits per heavy atom. The molecule has 100 valence electrons. The van der Waals surface area contributed by atoms with E-state index in [1.165, 1.54) is 17.9 Å². The number of nitrogens with zero attached hydrogens (tertiary/aromatic N) is 1. The highest BCUT2D eigenvalue weighted by Crippen LogP contribution is 2.28. The quantitative estimate of drug-likeness (QED) is 0.646. The first-order valence-electron chi connectivity index (χ1n) is 5.40. The predicted molar refractivity (Wildman–Crippen MR) is 64.1 cm³/mol. The lowest BCUT2D eigenvalue weighted by Gasteiger charge is -2.15. The molecule has 7 nitrogen and oxygen atoms in total. The van der Waals surface area contributed by atoms with Crippen LogP contribution in [0.1, 0.15) is 12.6 Å². The van der Waals surface area contributed by atoms with Crippen LogP contribution >= 0.6 is 12.2 Å². The molecule has 8 heteroatoms. The number of aliphatic hydroxyl groups excluding tert-OH is 2. The molecular weight excluding hydrogens is 260 g/mol. The molecule has 1 fully saturated rings. The molecule has 1 aromatic heterocycles. The van der Waals surface area contributed by atoms with Gasteiger partial charge in [0, 0.05) is 6.42 Å². The summed E-state index contributed by atoms with van der Waals surface area (Å²) in [7, 11) is 1.44. The summed E-state index contributed by atoms with van der Waals surface area (Å²) < 4.78 is 11.9. The fourth-order valence-corrected chi connectivity index (χ4v) is 2.10. The summed E-state index contributed by atoms with van der Waals surface area (Å²) in [5.74, 6) is 0.343. The molecule has 3 atom stereocenters. The second-order valence-electron chi connectivity index (χ2n) is 3.98. The number of aliphatic hydroxyl groups is 2. The average molecular weight is 274 g/mol. The molecule has 1 aliphatic rings. The molecule has 0 aliphatic carbocycles. The van der Waals surface area contributed by atoms with Gasteiger partial charge < -0.3 is 19.7 Å². The van der Waals surface area contributed by atoms with Gasteiger partial charge in [0.2, 0.25) is 0 Å². The van der Waals surface area contributed by atoms with Crippen LogP contribution in [-0.2, 0) is 4.74 Å². The van der Waals surface area contributed by atoms with Gasteiger partial charge in [-0.25, -0.2) is 4.79 Å². The first-order valence-corrected chi connectivity index (χ1v) is 5.81. The van der Waals surface area contributed by atoms with Crippen molar-refractivity contribution < 1.29 is 19.7 Å². The second-order valence-corrected chi connectivity index (χ2v) is 4.39. The fourth-order valence-electron chi connectivity index (χ4n) is 1.88. The van der Waals surface area contributed by atoms with Gasteiger partial charge in [-0.2, -0.15) is 0 Å². The topological polar surface area (TPSA) is 96.7 Å². The molecule has 0 spiro atoms. The van der Waals surface area contributed by atoms with Gasteiger partial charge in [0.1, 0.15) is 12.3 Å². The Hall–Kier alpha value is -1.22. The summed E-state index contributed by atoms with van der Waals surface area (Å²) in [5.41, 5.74) is -0.448. The van der Waals surface area contributed by atoms with Crippen molar-refractivity contribution in [3.63, 3.8) is 0 Å². The lowest BCUT2D eigenvalue weighted by atomic mass is 10.2. The third-order valence-electron chi connectivity index (χ3n) is 2.85. The number of aromatic nitrogens is 2. The summed E-state index contributed by atoms with van der Waals surface area (Å²) in [5, 5.41) is 18.6. The average Bonchev–Trinajstić information content (AvgIpc) is 2.70. The van der Waals surface area contributed by atoms with Crippen LogP contribution in [0.3, 0.4) is 0 Å². The number of H-pyrrole nitrogens is 1. The smallest absolute Gasteiger partial charge is 0.328 e. The summed E-state index contributed by atoms with van der Waals surface area (Å²) >= 11 is 4.92. The summed E-state index contributed by atoms with van der Waals surface area (Å²) in [6, 6.07) is 0. The summed E-state index contributed by atoms with van der Waals surface area (Å²) in [6.07, 6.45) is -0.487. The Balaban J connectivity index is 2.35. The third kappa shape index (κ3) is 2.32. The van der Waals surface area contributed by atoms with Crippen LogP contribution < -0.4 is 10.4 Å².